The largest absolute Gasteiger partial charge is 0.396 e. The smallest absolute Gasteiger partial charge is 0.324 e. The quantitative estimate of drug-likeness (QED) is 0.644. The van der Waals surface area contributed by atoms with Gasteiger partial charge < -0.3 is 10.8 Å². The molecule has 2 amide bonds. The fourth-order valence-electron chi connectivity index (χ4n) is 3.29. The zero-order valence-electron chi connectivity index (χ0n) is 15.6. The van der Waals surface area contributed by atoms with Gasteiger partial charge in [-0.3, -0.25) is 4.90 Å². The standard InChI is InChI=1S/C22H19F3N2O2/c1-13-11-15(23)6-8-17(13)18-12-16(7-5-14(18)9-10-28)27(22(26)29)21-19(24)3-2-4-20(21)25/h2-8,11-12,28H,9-10H2,1H3,(H2,26,29). The van der Waals surface area contributed by atoms with Gasteiger partial charge in [0.15, 0.2) is 0 Å². The number of halogens is 3. The van der Waals surface area contributed by atoms with Crippen LogP contribution in [0.1, 0.15) is 11.1 Å². The number of carbonyl (C=O) groups excluding carboxylic acids is 1. The van der Waals surface area contributed by atoms with Crippen LogP contribution in [0.5, 0.6) is 0 Å². The minimum Gasteiger partial charge on any atom is -0.396 e. The first-order valence-corrected chi connectivity index (χ1v) is 8.87. The van der Waals surface area contributed by atoms with Crippen LogP contribution in [0, 0.1) is 24.4 Å². The molecule has 0 heterocycles. The molecule has 0 aromatic heterocycles. The number of benzene rings is 3. The molecule has 0 unspecified atom stereocenters. The van der Waals surface area contributed by atoms with Gasteiger partial charge in [0.2, 0.25) is 0 Å². The molecule has 0 spiro atoms. The predicted molar refractivity (Wildman–Crippen MR) is 105 cm³/mol. The molecule has 3 rings (SSSR count). The number of para-hydroxylation sites is 1. The van der Waals surface area contributed by atoms with E-state index in [9.17, 15) is 23.1 Å². The number of primary amides is 1. The Morgan fingerprint density at radius 3 is 2.28 bits per heavy atom. The van der Waals surface area contributed by atoms with Gasteiger partial charge in [-0.1, -0.05) is 18.2 Å². The molecule has 0 saturated carbocycles. The highest BCUT2D eigenvalue weighted by atomic mass is 19.1. The zero-order valence-corrected chi connectivity index (χ0v) is 15.6. The van der Waals surface area contributed by atoms with Crippen LogP contribution in [-0.4, -0.2) is 17.7 Å². The highest BCUT2D eigenvalue weighted by Gasteiger charge is 2.24. The van der Waals surface area contributed by atoms with Crippen LogP contribution in [0.2, 0.25) is 0 Å². The van der Waals surface area contributed by atoms with Crippen LogP contribution in [-0.2, 0) is 6.42 Å². The number of hydrogen-bond donors (Lipinski definition) is 2. The van der Waals surface area contributed by atoms with Crippen LogP contribution in [0.25, 0.3) is 11.1 Å². The molecule has 0 aliphatic heterocycles. The average Bonchev–Trinajstić information content (AvgIpc) is 2.65. The van der Waals surface area contributed by atoms with Gasteiger partial charge in [0, 0.05) is 6.61 Å². The molecule has 4 nitrogen and oxygen atoms in total. The zero-order chi connectivity index (χ0) is 21.1. The first-order valence-electron chi connectivity index (χ1n) is 8.87. The lowest BCUT2D eigenvalue weighted by molar-refractivity contribution is 0.255. The third kappa shape index (κ3) is 4.09. The summed E-state index contributed by atoms with van der Waals surface area (Å²) in [7, 11) is 0. The van der Waals surface area contributed by atoms with Crippen molar-refractivity contribution < 1.29 is 23.1 Å². The highest BCUT2D eigenvalue weighted by molar-refractivity contribution is 5.99. The maximum absolute atomic E-state index is 14.3. The van der Waals surface area contributed by atoms with E-state index in [1.54, 1.807) is 25.1 Å². The maximum Gasteiger partial charge on any atom is 0.324 e. The SMILES string of the molecule is Cc1cc(F)ccc1-c1cc(N(C(N)=O)c2c(F)cccc2F)ccc1CCO. The van der Waals surface area contributed by atoms with Crippen molar-refractivity contribution in [1.82, 2.24) is 0 Å². The topological polar surface area (TPSA) is 66.6 Å². The maximum atomic E-state index is 14.3. The molecule has 0 aliphatic rings. The molecule has 150 valence electrons. The number of nitrogens with zero attached hydrogens (tertiary/aromatic N) is 1. The van der Waals surface area contributed by atoms with Gasteiger partial charge >= 0.3 is 6.03 Å². The number of aryl methyl sites for hydroxylation is 1. The molecule has 0 bridgehead atoms. The van der Waals surface area contributed by atoms with E-state index < -0.39 is 29.2 Å². The van der Waals surface area contributed by atoms with Gasteiger partial charge in [-0.2, -0.15) is 0 Å². The van der Waals surface area contributed by atoms with Crippen LogP contribution in [0.4, 0.5) is 29.3 Å². The minimum absolute atomic E-state index is 0.131. The third-order valence-corrected chi connectivity index (χ3v) is 4.59. The van der Waals surface area contributed by atoms with Crippen molar-refractivity contribution in [1.29, 1.82) is 0 Å². The van der Waals surface area contributed by atoms with Crippen molar-refractivity contribution in [3.63, 3.8) is 0 Å². The molecule has 0 saturated heterocycles. The van der Waals surface area contributed by atoms with Crippen molar-refractivity contribution in [3.05, 3.63) is 83.2 Å². The number of hydrogen-bond acceptors (Lipinski definition) is 2. The lowest BCUT2D eigenvalue weighted by Gasteiger charge is -2.23. The molecule has 0 radical (unpaired) electrons. The Balaban J connectivity index is 2.23. The summed E-state index contributed by atoms with van der Waals surface area (Å²) in [5, 5.41) is 9.38. The Labute approximate surface area is 166 Å². The van der Waals surface area contributed by atoms with Crippen LogP contribution < -0.4 is 10.6 Å². The summed E-state index contributed by atoms with van der Waals surface area (Å²) < 4.78 is 42.2. The second-order valence-electron chi connectivity index (χ2n) is 6.52. The van der Waals surface area contributed by atoms with E-state index in [1.165, 1.54) is 24.3 Å². The molecule has 7 heteroatoms. The minimum atomic E-state index is -1.06. The van der Waals surface area contributed by atoms with Gasteiger partial charge in [0.1, 0.15) is 23.1 Å². The van der Waals surface area contributed by atoms with Gasteiger partial charge in [-0.25, -0.2) is 18.0 Å². The van der Waals surface area contributed by atoms with Gasteiger partial charge in [0.25, 0.3) is 0 Å². The highest BCUT2D eigenvalue weighted by Crippen LogP contribution is 2.36. The first kappa shape index (κ1) is 20.4. The number of carbonyl (C=O) groups is 1. The van der Waals surface area contributed by atoms with Crippen LogP contribution in [0.15, 0.2) is 54.6 Å². The predicted octanol–water partition coefficient (Wildman–Crippen LogP) is 4.83. The van der Waals surface area contributed by atoms with E-state index in [0.717, 1.165) is 22.6 Å². The number of aliphatic hydroxyl groups excluding tert-OH is 1. The fraction of sp³-hybridized carbons (Fsp3) is 0.136. The molecule has 3 N–H and O–H groups in total. The van der Waals surface area contributed by atoms with Gasteiger partial charge in [-0.15, -0.1) is 0 Å². The Kier molecular flexibility index (Phi) is 5.89. The number of urea groups is 1. The lowest BCUT2D eigenvalue weighted by Crippen LogP contribution is -2.33. The van der Waals surface area contributed by atoms with Crippen LogP contribution >= 0.6 is 0 Å². The van der Waals surface area contributed by atoms with Crippen molar-refractivity contribution in [2.45, 2.75) is 13.3 Å². The summed E-state index contributed by atoms with van der Waals surface area (Å²) in [6, 6.07) is 11.1. The molecule has 3 aromatic carbocycles. The molecular weight excluding hydrogens is 381 g/mol. The lowest BCUT2D eigenvalue weighted by atomic mass is 9.93. The summed E-state index contributed by atoms with van der Waals surface area (Å²) in [6.45, 7) is 1.59. The molecule has 3 aromatic rings. The Hall–Kier alpha value is -3.32. The third-order valence-electron chi connectivity index (χ3n) is 4.59. The summed E-state index contributed by atoms with van der Waals surface area (Å²) in [5.74, 6) is -2.29. The second kappa shape index (κ2) is 8.36. The Morgan fingerprint density at radius 1 is 1.00 bits per heavy atom. The van der Waals surface area contributed by atoms with E-state index >= 15 is 0 Å². The van der Waals surface area contributed by atoms with E-state index in [0.29, 0.717) is 23.1 Å². The van der Waals surface area contributed by atoms with E-state index in [2.05, 4.69) is 0 Å². The molecular formula is C22H19F3N2O2. The van der Waals surface area contributed by atoms with Gasteiger partial charge in [-0.05, 0) is 72.0 Å². The molecule has 29 heavy (non-hydrogen) atoms. The van der Waals surface area contributed by atoms with Crippen molar-refractivity contribution in [2.24, 2.45) is 5.73 Å². The Morgan fingerprint density at radius 2 is 1.69 bits per heavy atom. The average molecular weight is 400 g/mol. The number of nitrogens with two attached hydrogens (primary N) is 1. The number of aliphatic hydroxyl groups is 1. The second-order valence-corrected chi connectivity index (χ2v) is 6.52. The van der Waals surface area contributed by atoms with Crippen molar-refractivity contribution in [2.75, 3.05) is 11.5 Å². The number of amides is 2. The monoisotopic (exact) mass is 400 g/mol. The molecule has 0 fully saturated rings. The summed E-state index contributed by atoms with van der Waals surface area (Å²) >= 11 is 0. The van der Waals surface area contributed by atoms with Gasteiger partial charge in [0.05, 0.1) is 5.69 Å². The number of rotatable bonds is 5. The Bertz CT molecular complexity index is 1050. The van der Waals surface area contributed by atoms with E-state index in [-0.39, 0.29) is 12.3 Å². The molecule has 0 atom stereocenters. The summed E-state index contributed by atoms with van der Waals surface area (Å²) in [5.41, 5.74) is 7.60. The normalized spacial score (nSPS) is 10.8. The number of anilines is 2. The fourth-order valence-corrected chi connectivity index (χ4v) is 3.29. The van der Waals surface area contributed by atoms with Crippen molar-refractivity contribution >= 4 is 17.4 Å². The van der Waals surface area contributed by atoms with Crippen molar-refractivity contribution in [3.8, 4) is 11.1 Å². The van der Waals surface area contributed by atoms with E-state index in [4.69, 9.17) is 5.73 Å². The van der Waals surface area contributed by atoms with Crippen LogP contribution in [0.3, 0.4) is 0 Å². The summed E-state index contributed by atoms with van der Waals surface area (Å²) in [6.07, 6.45) is 0.303. The molecule has 0 aliphatic carbocycles. The summed E-state index contributed by atoms with van der Waals surface area (Å²) in [4.78, 5) is 12.8. The first-order chi connectivity index (χ1) is 13.8. The van der Waals surface area contributed by atoms with E-state index in [1.807, 2.05) is 0 Å².